The second-order valence-electron chi connectivity index (χ2n) is 7.15. The Kier molecular flexibility index (Phi) is 5.52. The van der Waals surface area contributed by atoms with Crippen LogP contribution >= 0.6 is 0 Å². The maximum Gasteiger partial charge on any atom is 0.280 e. The summed E-state index contributed by atoms with van der Waals surface area (Å²) in [5.74, 6) is 1.43. The third-order valence-corrected chi connectivity index (χ3v) is 4.99. The molecule has 0 unspecified atom stereocenters. The first-order valence-electron chi connectivity index (χ1n) is 9.98. The second kappa shape index (κ2) is 8.41. The molecule has 0 aliphatic heterocycles. The van der Waals surface area contributed by atoms with Crippen LogP contribution in [0, 0.1) is 13.8 Å². The Hall–Kier alpha value is -3.61. The predicted molar refractivity (Wildman–Crippen MR) is 115 cm³/mol. The summed E-state index contributed by atoms with van der Waals surface area (Å²) >= 11 is 0. The van der Waals surface area contributed by atoms with E-state index >= 15 is 0 Å². The highest BCUT2D eigenvalue weighted by molar-refractivity contribution is 6.03. The Balaban J connectivity index is 1.58. The molecule has 2 aromatic carbocycles. The van der Waals surface area contributed by atoms with Crippen LogP contribution in [0.5, 0.6) is 5.75 Å². The number of amides is 1. The van der Waals surface area contributed by atoms with E-state index in [-0.39, 0.29) is 18.2 Å². The van der Waals surface area contributed by atoms with Gasteiger partial charge < -0.3 is 13.8 Å². The fourth-order valence-electron chi connectivity index (χ4n) is 3.39. The molecule has 0 saturated carbocycles. The van der Waals surface area contributed by atoms with Gasteiger partial charge in [0.05, 0.1) is 16.6 Å². The first kappa shape index (κ1) is 19.7. The molecule has 0 atom stereocenters. The number of aromatic nitrogens is 3. The standard InChI is InChI=1S/C23H24N4O3/c1-4-13-27-19-11-7-6-10-18(19)24-23(27)25-22(28)21-17(16(3)30-26-21)14-29-20-12-8-5-9-15(20)2/h5-12H,4,13-14H2,1-3H3,(H,24,25,28). The lowest BCUT2D eigenvalue weighted by Crippen LogP contribution is -2.18. The number of ether oxygens (including phenoxy) is 1. The van der Waals surface area contributed by atoms with Gasteiger partial charge in [-0.1, -0.05) is 42.4 Å². The zero-order valence-corrected chi connectivity index (χ0v) is 17.3. The minimum absolute atomic E-state index is 0.189. The van der Waals surface area contributed by atoms with Gasteiger partial charge in [0.15, 0.2) is 5.69 Å². The van der Waals surface area contributed by atoms with Crippen molar-refractivity contribution in [3.05, 3.63) is 71.1 Å². The molecule has 4 aromatic rings. The number of hydrogen-bond donors (Lipinski definition) is 1. The van der Waals surface area contributed by atoms with Gasteiger partial charge in [0.2, 0.25) is 5.95 Å². The third kappa shape index (κ3) is 3.78. The molecule has 2 aromatic heterocycles. The van der Waals surface area contributed by atoms with Crippen molar-refractivity contribution in [3.8, 4) is 5.75 Å². The van der Waals surface area contributed by atoms with E-state index < -0.39 is 0 Å². The summed E-state index contributed by atoms with van der Waals surface area (Å²) in [5, 5.41) is 6.87. The molecule has 30 heavy (non-hydrogen) atoms. The molecule has 1 N–H and O–H groups in total. The summed E-state index contributed by atoms with van der Waals surface area (Å²) in [5.41, 5.74) is 3.66. The van der Waals surface area contributed by atoms with Crippen molar-refractivity contribution in [1.29, 1.82) is 0 Å². The number of carbonyl (C=O) groups is 1. The summed E-state index contributed by atoms with van der Waals surface area (Å²) in [6.45, 7) is 6.77. The number of nitrogens with zero attached hydrogens (tertiary/aromatic N) is 3. The summed E-state index contributed by atoms with van der Waals surface area (Å²) in [6, 6.07) is 15.5. The summed E-state index contributed by atoms with van der Waals surface area (Å²) in [6.07, 6.45) is 0.918. The van der Waals surface area contributed by atoms with Gasteiger partial charge in [0, 0.05) is 6.54 Å². The normalized spacial score (nSPS) is 11.0. The molecule has 0 saturated heterocycles. The predicted octanol–water partition coefficient (Wildman–Crippen LogP) is 4.88. The Bertz CT molecular complexity index is 1190. The van der Waals surface area contributed by atoms with Crippen LogP contribution in [-0.4, -0.2) is 20.6 Å². The number of imidazole rings is 1. The first-order chi connectivity index (χ1) is 14.6. The fraction of sp³-hybridized carbons (Fsp3) is 0.261. The lowest BCUT2D eigenvalue weighted by molar-refractivity contribution is 0.101. The summed E-state index contributed by atoms with van der Waals surface area (Å²) in [4.78, 5) is 17.6. The van der Waals surface area contributed by atoms with E-state index in [0.29, 0.717) is 17.3 Å². The average molecular weight is 404 g/mol. The topological polar surface area (TPSA) is 82.2 Å². The highest BCUT2D eigenvalue weighted by Crippen LogP contribution is 2.23. The van der Waals surface area contributed by atoms with Crippen molar-refractivity contribution in [2.45, 2.75) is 40.3 Å². The zero-order valence-electron chi connectivity index (χ0n) is 17.3. The smallest absolute Gasteiger partial charge is 0.280 e. The van der Waals surface area contributed by atoms with Gasteiger partial charge >= 0.3 is 0 Å². The quantitative estimate of drug-likeness (QED) is 0.475. The number of hydrogen-bond acceptors (Lipinski definition) is 5. The van der Waals surface area contributed by atoms with Crippen LogP contribution in [0.1, 0.15) is 40.7 Å². The van der Waals surface area contributed by atoms with Crippen LogP contribution in [0.2, 0.25) is 0 Å². The van der Waals surface area contributed by atoms with Crippen molar-refractivity contribution >= 4 is 22.9 Å². The molecule has 2 heterocycles. The van der Waals surface area contributed by atoms with Gasteiger partial charge in [-0.3, -0.25) is 10.1 Å². The van der Waals surface area contributed by atoms with E-state index in [1.807, 2.05) is 60.0 Å². The largest absolute Gasteiger partial charge is 0.488 e. The number of benzene rings is 2. The number of aryl methyl sites for hydroxylation is 3. The average Bonchev–Trinajstić information content (AvgIpc) is 3.28. The van der Waals surface area contributed by atoms with Crippen molar-refractivity contribution in [3.63, 3.8) is 0 Å². The van der Waals surface area contributed by atoms with Crippen LogP contribution in [0.3, 0.4) is 0 Å². The van der Waals surface area contributed by atoms with E-state index in [1.165, 1.54) is 0 Å². The Morgan fingerprint density at radius 2 is 1.90 bits per heavy atom. The van der Waals surface area contributed by atoms with Crippen LogP contribution < -0.4 is 10.1 Å². The molecule has 0 aliphatic carbocycles. The van der Waals surface area contributed by atoms with E-state index in [2.05, 4.69) is 22.4 Å². The minimum Gasteiger partial charge on any atom is -0.488 e. The van der Waals surface area contributed by atoms with Crippen LogP contribution in [0.4, 0.5) is 5.95 Å². The monoisotopic (exact) mass is 404 g/mol. The summed E-state index contributed by atoms with van der Waals surface area (Å²) in [7, 11) is 0. The van der Waals surface area contributed by atoms with E-state index in [0.717, 1.165) is 35.3 Å². The van der Waals surface area contributed by atoms with E-state index in [9.17, 15) is 4.79 Å². The fourth-order valence-corrected chi connectivity index (χ4v) is 3.39. The van der Waals surface area contributed by atoms with Crippen LogP contribution in [0.15, 0.2) is 53.1 Å². The van der Waals surface area contributed by atoms with Gasteiger partial charge in [-0.15, -0.1) is 0 Å². The van der Waals surface area contributed by atoms with Crippen molar-refractivity contribution in [2.24, 2.45) is 0 Å². The van der Waals surface area contributed by atoms with E-state index in [1.54, 1.807) is 6.92 Å². The highest BCUT2D eigenvalue weighted by Gasteiger charge is 2.22. The molecule has 0 spiro atoms. The molecule has 0 aliphatic rings. The number of rotatable bonds is 7. The van der Waals surface area contributed by atoms with Crippen molar-refractivity contribution in [1.82, 2.24) is 14.7 Å². The van der Waals surface area contributed by atoms with Gasteiger partial charge in [-0.05, 0) is 44.0 Å². The minimum atomic E-state index is -0.372. The molecule has 154 valence electrons. The Morgan fingerprint density at radius 1 is 1.13 bits per heavy atom. The molecule has 0 radical (unpaired) electrons. The van der Waals surface area contributed by atoms with Gasteiger partial charge in [-0.25, -0.2) is 4.98 Å². The highest BCUT2D eigenvalue weighted by atomic mass is 16.5. The molecule has 7 heteroatoms. The number of nitrogens with one attached hydrogen (secondary N) is 1. The maximum atomic E-state index is 13.0. The molecular weight excluding hydrogens is 380 g/mol. The van der Waals surface area contributed by atoms with Gasteiger partial charge in [0.25, 0.3) is 5.91 Å². The first-order valence-corrected chi connectivity index (χ1v) is 9.98. The van der Waals surface area contributed by atoms with Crippen LogP contribution in [-0.2, 0) is 13.2 Å². The Labute approximate surface area is 174 Å². The van der Waals surface area contributed by atoms with Gasteiger partial charge in [-0.2, -0.15) is 0 Å². The van der Waals surface area contributed by atoms with Crippen molar-refractivity contribution < 1.29 is 14.1 Å². The second-order valence-corrected chi connectivity index (χ2v) is 7.15. The zero-order chi connectivity index (χ0) is 21.1. The number of carbonyl (C=O) groups excluding carboxylic acids is 1. The van der Waals surface area contributed by atoms with Crippen LogP contribution in [0.25, 0.3) is 11.0 Å². The molecule has 4 rings (SSSR count). The SMILES string of the molecule is CCCn1c(NC(=O)c2noc(C)c2COc2ccccc2C)nc2ccccc21. The molecular formula is C23H24N4O3. The summed E-state index contributed by atoms with van der Waals surface area (Å²) < 4.78 is 13.2. The number of fused-ring (bicyclic) bond motifs is 1. The van der Waals surface area contributed by atoms with Crippen molar-refractivity contribution in [2.75, 3.05) is 5.32 Å². The molecule has 0 fully saturated rings. The molecule has 1 amide bonds. The lowest BCUT2D eigenvalue weighted by atomic mass is 10.2. The lowest BCUT2D eigenvalue weighted by Gasteiger charge is -2.10. The Morgan fingerprint density at radius 3 is 2.70 bits per heavy atom. The number of anilines is 1. The van der Waals surface area contributed by atoms with Gasteiger partial charge in [0.1, 0.15) is 18.1 Å². The molecule has 0 bridgehead atoms. The third-order valence-electron chi connectivity index (χ3n) is 4.99. The number of para-hydroxylation sites is 3. The molecule has 7 nitrogen and oxygen atoms in total. The maximum absolute atomic E-state index is 13.0. The van der Waals surface area contributed by atoms with E-state index in [4.69, 9.17) is 9.26 Å².